The highest BCUT2D eigenvalue weighted by molar-refractivity contribution is 5.95. The third-order valence-corrected chi connectivity index (χ3v) is 4.48. The van der Waals surface area contributed by atoms with Gasteiger partial charge >= 0.3 is 6.18 Å². The molecule has 0 unspecified atom stereocenters. The van der Waals surface area contributed by atoms with Crippen LogP contribution in [0.1, 0.15) is 40.9 Å². The van der Waals surface area contributed by atoms with Gasteiger partial charge in [0.15, 0.2) is 5.78 Å². The lowest BCUT2D eigenvalue weighted by Gasteiger charge is -2.15. The second-order valence-electron chi connectivity index (χ2n) is 6.73. The SMILES string of the molecule is C[C@@H](CC(=O)c1cc(=O)[nH]c(-c2ccccc2)n1)c1cc(F)c(C(F)(F)F)c(F)c1. The lowest BCUT2D eigenvalue weighted by Crippen LogP contribution is -2.16. The van der Waals surface area contributed by atoms with Crippen molar-refractivity contribution in [2.45, 2.75) is 25.4 Å². The Morgan fingerprint density at radius 2 is 1.67 bits per heavy atom. The van der Waals surface area contributed by atoms with Crippen LogP contribution in [0.25, 0.3) is 11.4 Å². The molecule has 30 heavy (non-hydrogen) atoms. The number of aromatic nitrogens is 2. The molecule has 0 fully saturated rings. The molecule has 1 aromatic heterocycles. The first-order valence-electron chi connectivity index (χ1n) is 8.82. The number of halogens is 5. The fraction of sp³-hybridized carbons (Fsp3) is 0.190. The molecular weight excluding hydrogens is 407 g/mol. The van der Waals surface area contributed by atoms with Gasteiger partial charge in [-0.1, -0.05) is 37.3 Å². The Bertz CT molecular complexity index is 1120. The zero-order valence-corrected chi connectivity index (χ0v) is 15.6. The molecule has 3 rings (SSSR count). The summed E-state index contributed by atoms with van der Waals surface area (Å²) in [6.45, 7) is 1.44. The van der Waals surface area contributed by atoms with E-state index in [2.05, 4.69) is 9.97 Å². The molecule has 0 saturated carbocycles. The summed E-state index contributed by atoms with van der Waals surface area (Å²) >= 11 is 0. The van der Waals surface area contributed by atoms with Gasteiger partial charge in [0.1, 0.15) is 28.7 Å². The Hall–Kier alpha value is -3.36. The largest absolute Gasteiger partial charge is 0.422 e. The molecule has 1 heterocycles. The molecule has 0 spiro atoms. The number of nitrogens with one attached hydrogen (secondary N) is 1. The molecule has 0 aliphatic heterocycles. The maximum absolute atomic E-state index is 13.8. The minimum atomic E-state index is -5.17. The Kier molecular flexibility index (Phi) is 5.82. The summed E-state index contributed by atoms with van der Waals surface area (Å²) in [5, 5.41) is 0. The molecule has 0 amide bonds. The van der Waals surface area contributed by atoms with Gasteiger partial charge in [-0.2, -0.15) is 13.2 Å². The van der Waals surface area contributed by atoms with Crippen LogP contribution < -0.4 is 5.56 Å². The molecule has 9 heteroatoms. The van der Waals surface area contributed by atoms with Crippen LogP contribution in [0.2, 0.25) is 0 Å². The van der Waals surface area contributed by atoms with Crippen LogP contribution >= 0.6 is 0 Å². The van der Waals surface area contributed by atoms with E-state index in [1.807, 2.05) is 0 Å². The van der Waals surface area contributed by atoms with Gasteiger partial charge in [0, 0.05) is 18.1 Å². The number of nitrogens with zero attached hydrogens (tertiary/aromatic N) is 1. The number of H-pyrrole nitrogens is 1. The first-order chi connectivity index (χ1) is 14.1. The van der Waals surface area contributed by atoms with Gasteiger partial charge < -0.3 is 4.98 Å². The lowest BCUT2D eigenvalue weighted by atomic mass is 9.93. The van der Waals surface area contributed by atoms with E-state index >= 15 is 0 Å². The number of ketones is 1. The van der Waals surface area contributed by atoms with Crippen molar-refractivity contribution in [2.75, 3.05) is 0 Å². The van der Waals surface area contributed by atoms with Crippen molar-refractivity contribution in [3.8, 4) is 11.4 Å². The van der Waals surface area contributed by atoms with Gasteiger partial charge in [0.05, 0.1) is 0 Å². The number of aromatic amines is 1. The van der Waals surface area contributed by atoms with E-state index in [0.29, 0.717) is 17.7 Å². The predicted molar refractivity (Wildman–Crippen MR) is 99.0 cm³/mol. The van der Waals surface area contributed by atoms with E-state index < -0.39 is 40.6 Å². The van der Waals surface area contributed by atoms with Crippen LogP contribution in [0.4, 0.5) is 22.0 Å². The highest BCUT2D eigenvalue weighted by Gasteiger charge is 2.38. The Morgan fingerprint density at radius 3 is 2.23 bits per heavy atom. The van der Waals surface area contributed by atoms with Crippen molar-refractivity contribution in [3.63, 3.8) is 0 Å². The molecule has 2 aromatic carbocycles. The summed E-state index contributed by atoms with van der Waals surface area (Å²) in [4.78, 5) is 31.1. The smallest absolute Gasteiger partial charge is 0.306 e. The van der Waals surface area contributed by atoms with Crippen LogP contribution in [0.15, 0.2) is 53.3 Å². The molecule has 0 bridgehead atoms. The van der Waals surface area contributed by atoms with E-state index in [1.165, 1.54) is 6.92 Å². The summed E-state index contributed by atoms with van der Waals surface area (Å²) in [6.07, 6.45) is -5.48. The van der Waals surface area contributed by atoms with Gasteiger partial charge in [-0.05, 0) is 23.6 Å². The van der Waals surface area contributed by atoms with E-state index in [1.54, 1.807) is 30.3 Å². The quantitative estimate of drug-likeness (QED) is 0.459. The second kappa shape index (κ2) is 8.17. The number of Topliss-reactive ketones (excluding diaryl/α,β-unsaturated/α-hetero) is 1. The summed E-state index contributed by atoms with van der Waals surface area (Å²) in [7, 11) is 0. The van der Waals surface area contributed by atoms with Crippen molar-refractivity contribution >= 4 is 5.78 Å². The second-order valence-corrected chi connectivity index (χ2v) is 6.73. The molecule has 156 valence electrons. The molecule has 4 nitrogen and oxygen atoms in total. The zero-order valence-electron chi connectivity index (χ0n) is 15.6. The van der Waals surface area contributed by atoms with E-state index in [4.69, 9.17) is 0 Å². The zero-order chi connectivity index (χ0) is 22.1. The normalized spacial score (nSPS) is 12.6. The van der Waals surface area contributed by atoms with E-state index in [-0.39, 0.29) is 23.5 Å². The molecule has 3 aromatic rings. The number of carbonyl (C=O) groups is 1. The number of rotatable bonds is 5. The van der Waals surface area contributed by atoms with E-state index in [0.717, 1.165) is 6.07 Å². The minimum absolute atomic E-state index is 0.112. The molecule has 0 saturated heterocycles. The summed E-state index contributed by atoms with van der Waals surface area (Å²) in [6, 6.07) is 10.7. The molecule has 0 aliphatic rings. The van der Waals surface area contributed by atoms with Crippen molar-refractivity contribution < 1.29 is 26.7 Å². The van der Waals surface area contributed by atoms with Crippen LogP contribution in [-0.2, 0) is 6.18 Å². The summed E-state index contributed by atoms with van der Waals surface area (Å²) in [5.74, 6) is -4.74. The Labute approximate surface area is 167 Å². The van der Waals surface area contributed by atoms with Crippen LogP contribution in [-0.4, -0.2) is 15.8 Å². The molecule has 1 N–H and O–H groups in total. The topological polar surface area (TPSA) is 62.8 Å². The maximum atomic E-state index is 13.8. The minimum Gasteiger partial charge on any atom is -0.306 e. The summed E-state index contributed by atoms with van der Waals surface area (Å²) < 4.78 is 65.8. The van der Waals surface area contributed by atoms with Gasteiger partial charge in [-0.3, -0.25) is 9.59 Å². The van der Waals surface area contributed by atoms with Crippen LogP contribution in [0, 0.1) is 11.6 Å². The Morgan fingerprint density at radius 1 is 1.07 bits per heavy atom. The first kappa shape index (κ1) is 21.4. The third-order valence-electron chi connectivity index (χ3n) is 4.48. The fourth-order valence-electron chi connectivity index (χ4n) is 2.98. The highest BCUT2D eigenvalue weighted by atomic mass is 19.4. The maximum Gasteiger partial charge on any atom is 0.422 e. The van der Waals surface area contributed by atoms with Crippen molar-refractivity contribution in [1.82, 2.24) is 9.97 Å². The number of alkyl halides is 3. The van der Waals surface area contributed by atoms with Gasteiger partial charge in [0.2, 0.25) is 0 Å². The molecule has 0 radical (unpaired) electrons. The number of benzene rings is 2. The number of carbonyl (C=O) groups excluding carboxylic acids is 1. The lowest BCUT2D eigenvalue weighted by molar-refractivity contribution is -0.142. The van der Waals surface area contributed by atoms with Crippen molar-refractivity contribution in [2.24, 2.45) is 0 Å². The first-order valence-corrected chi connectivity index (χ1v) is 8.82. The molecule has 0 aliphatic carbocycles. The van der Waals surface area contributed by atoms with Gasteiger partial charge in [-0.15, -0.1) is 0 Å². The third kappa shape index (κ3) is 4.61. The average molecular weight is 422 g/mol. The predicted octanol–water partition coefficient (Wildman–Crippen LogP) is 5.11. The fourth-order valence-corrected chi connectivity index (χ4v) is 2.98. The molecular formula is C21H15F5N2O2. The van der Waals surface area contributed by atoms with Crippen molar-refractivity contribution in [1.29, 1.82) is 0 Å². The average Bonchev–Trinajstić information content (AvgIpc) is 2.66. The van der Waals surface area contributed by atoms with Gasteiger partial charge in [0.25, 0.3) is 5.56 Å². The highest BCUT2D eigenvalue weighted by Crippen LogP contribution is 2.35. The van der Waals surface area contributed by atoms with Gasteiger partial charge in [-0.25, -0.2) is 13.8 Å². The number of hydrogen-bond acceptors (Lipinski definition) is 3. The Balaban J connectivity index is 1.86. The number of hydrogen-bond donors (Lipinski definition) is 1. The van der Waals surface area contributed by atoms with E-state index in [9.17, 15) is 31.5 Å². The monoisotopic (exact) mass is 422 g/mol. The van der Waals surface area contributed by atoms with Crippen molar-refractivity contribution in [3.05, 3.63) is 87.3 Å². The summed E-state index contributed by atoms with van der Waals surface area (Å²) in [5.41, 5.74) is -2.24. The van der Waals surface area contributed by atoms with Crippen LogP contribution in [0.5, 0.6) is 0 Å². The standard InChI is InChI=1S/C21H15F5N2O2/c1-11(13-8-14(22)19(15(23)9-13)21(24,25)26)7-17(29)16-10-18(30)28-20(27-16)12-5-3-2-4-6-12/h2-6,8-11H,7H2,1H3,(H,27,28,30)/t11-/m0/s1. The van der Waals surface area contributed by atoms with Crippen LogP contribution in [0.3, 0.4) is 0 Å². The molecule has 1 atom stereocenters.